The number of amides is 1. The summed E-state index contributed by atoms with van der Waals surface area (Å²) in [7, 11) is 2.03. The van der Waals surface area contributed by atoms with Crippen LogP contribution in [0, 0.1) is 5.41 Å². The quantitative estimate of drug-likeness (QED) is 0.779. The maximum absolute atomic E-state index is 12.6. The largest absolute Gasteiger partial charge is 0.490 e. The van der Waals surface area contributed by atoms with Crippen molar-refractivity contribution in [1.29, 1.82) is 0 Å². The van der Waals surface area contributed by atoms with Gasteiger partial charge in [-0.3, -0.25) is 9.69 Å². The van der Waals surface area contributed by atoms with Gasteiger partial charge in [-0.2, -0.15) is 13.2 Å². The highest BCUT2D eigenvalue weighted by Crippen LogP contribution is 2.41. The van der Waals surface area contributed by atoms with E-state index in [1.165, 1.54) is 0 Å². The van der Waals surface area contributed by atoms with E-state index in [1.54, 1.807) is 0 Å². The number of β-lactam (4-membered cyclic amide) rings is 1. The van der Waals surface area contributed by atoms with E-state index in [2.05, 4.69) is 33.2 Å². The number of halogens is 3. The summed E-state index contributed by atoms with van der Waals surface area (Å²) in [5.74, 6) is -1.30. The first kappa shape index (κ1) is 22.2. The normalized spacial score (nSPS) is 23.8. The molecule has 28 heavy (non-hydrogen) atoms. The molecule has 158 valence electrons. The number of likely N-dealkylation sites (tertiary alicyclic amines) is 2. The van der Waals surface area contributed by atoms with Gasteiger partial charge in [0.1, 0.15) is 5.82 Å². The van der Waals surface area contributed by atoms with Crippen LogP contribution in [-0.4, -0.2) is 68.2 Å². The summed E-state index contributed by atoms with van der Waals surface area (Å²) in [6.45, 7) is 8.06. The van der Waals surface area contributed by atoms with E-state index >= 15 is 0 Å². The van der Waals surface area contributed by atoms with Gasteiger partial charge in [0.05, 0.1) is 12.0 Å². The van der Waals surface area contributed by atoms with Gasteiger partial charge in [-0.15, -0.1) is 0 Å². The summed E-state index contributed by atoms with van der Waals surface area (Å²) in [5, 5.41) is 7.12. The fourth-order valence-electron chi connectivity index (χ4n) is 3.67. The lowest BCUT2D eigenvalue weighted by Crippen LogP contribution is -2.68. The van der Waals surface area contributed by atoms with Crippen LogP contribution in [0.1, 0.15) is 38.9 Å². The average Bonchev–Trinajstić information content (AvgIpc) is 3.03. The molecule has 10 heteroatoms. The zero-order chi connectivity index (χ0) is 21.1. The van der Waals surface area contributed by atoms with E-state index in [0.29, 0.717) is 11.9 Å². The molecule has 0 radical (unpaired) electrons. The fourth-order valence-corrected chi connectivity index (χ4v) is 3.67. The molecule has 1 amide bonds. The number of carbonyl (C=O) groups excluding carboxylic acids is 1. The number of carboxylic acids is 1. The predicted octanol–water partition coefficient (Wildman–Crippen LogP) is 2.28. The van der Waals surface area contributed by atoms with Crippen LogP contribution >= 0.6 is 0 Å². The molecule has 0 aromatic carbocycles. The number of piperidine rings is 1. The second-order valence-electron chi connectivity index (χ2n) is 7.54. The Hall–Kier alpha value is -2.10. The molecular weight excluding hydrogens is 377 g/mol. The SMILES string of the molecule is CCC(C)N1CC2(CCCN(Cc3nccn3C)C2)C1=O.O=C(O)C(F)(F)F. The standard InChI is InChI=1S/C16H26N4O.C2HF3O2/c1-4-13(2)20-12-16(15(20)21)6-5-8-19(11-16)10-14-17-7-9-18(14)3;3-2(4,5)1(6)7/h7,9,13H,4-6,8,10-12H2,1-3H3;(H,6,7). The van der Waals surface area contributed by atoms with Crippen LogP contribution in [0.5, 0.6) is 0 Å². The molecule has 0 bridgehead atoms. The number of alkyl halides is 3. The highest BCUT2D eigenvalue weighted by atomic mass is 19.4. The van der Waals surface area contributed by atoms with Gasteiger partial charge in [0.2, 0.25) is 5.91 Å². The average molecular weight is 404 g/mol. The van der Waals surface area contributed by atoms with Crippen LogP contribution in [0.4, 0.5) is 13.2 Å². The minimum Gasteiger partial charge on any atom is -0.475 e. The van der Waals surface area contributed by atoms with E-state index in [1.807, 2.05) is 19.4 Å². The fraction of sp³-hybridized carbons (Fsp3) is 0.722. The summed E-state index contributed by atoms with van der Waals surface area (Å²) in [4.78, 5) is 30.4. The Morgan fingerprint density at radius 3 is 2.50 bits per heavy atom. The van der Waals surface area contributed by atoms with Crippen LogP contribution in [0.15, 0.2) is 12.4 Å². The third-order valence-electron chi connectivity index (χ3n) is 5.49. The highest BCUT2D eigenvalue weighted by molar-refractivity contribution is 5.89. The highest BCUT2D eigenvalue weighted by Gasteiger charge is 2.54. The summed E-state index contributed by atoms with van der Waals surface area (Å²) < 4.78 is 33.8. The van der Waals surface area contributed by atoms with E-state index in [9.17, 15) is 18.0 Å². The number of hydrogen-bond acceptors (Lipinski definition) is 4. The number of nitrogens with zero attached hydrogens (tertiary/aromatic N) is 4. The van der Waals surface area contributed by atoms with Crippen molar-refractivity contribution in [3.63, 3.8) is 0 Å². The van der Waals surface area contributed by atoms with Gasteiger partial charge in [-0.25, -0.2) is 9.78 Å². The van der Waals surface area contributed by atoms with Gasteiger partial charge in [0, 0.05) is 38.6 Å². The molecule has 2 fully saturated rings. The number of carboxylic acid groups (broad SMARTS) is 1. The number of aromatic nitrogens is 2. The number of hydrogen-bond donors (Lipinski definition) is 1. The lowest BCUT2D eigenvalue weighted by Gasteiger charge is -2.55. The number of carbonyl (C=O) groups is 2. The van der Waals surface area contributed by atoms with Gasteiger partial charge in [-0.05, 0) is 32.7 Å². The summed E-state index contributed by atoms with van der Waals surface area (Å²) in [5.41, 5.74) is -0.104. The molecule has 7 nitrogen and oxygen atoms in total. The monoisotopic (exact) mass is 404 g/mol. The van der Waals surface area contributed by atoms with Crippen LogP contribution < -0.4 is 0 Å². The first-order valence-electron chi connectivity index (χ1n) is 9.30. The van der Waals surface area contributed by atoms with Gasteiger partial charge < -0.3 is 14.6 Å². The van der Waals surface area contributed by atoms with Gasteiger partial charge in [0.15, 0.2) is 0 Å². The molecule has 2 unspecified atom stereocenters. The molecule has 1 spiro atoms. The van der Waals surface area contributed by atoms with Crippen LogP contribution in [0.2, 0.25) is 0 Å². The molecule has 0 aliphatic carbocycles. The molecule has 3 rings (SSSR count). The molecule has 2 saturated heterocycles. The molecular formula is C18H27F3N4O3. The minimum absolute atomic E-state index is 0.104. The summed E-state index contributed by atoms with van der Waals surface area (Å²) in [6.07, 6.45) is 1.95. The molecule has 2 atom stereocenters. The lowest BCUT2D eigenvalue weighted by molar-refractivity contribution is -0.192. The Morgan fingerprint density at radius 1 is 1.39 bits per heavy atom. The number of aryl methyl sites for hydroxylation is 1. The molecule has 0 saturated carbocycles. The number of rotatable bonds is 4. The molecule has 2 aliphatic rings. The Balaban J connectivity index is 0.000000345. The molecule has 2 aliphatic heterocycles. The molecule has 3 heterocycles. The van der Waals surface area contributed by atoms with Crippen molar-refractivity contribution >= 4 is 11.9 Å². The summed E-state index contributed by atoms with van der Waals surface area (Å²) >= 11 is 0. The topological polar surface area (TPSA) is 78.7 Å². The second-order valence-corrected chi connectivity index (χ2v) is 7.54. The van der Waals surface area contributed by atoms with Crippen LogP contribution in [-0.2, 0) is 23.2 Å². The van der Waals surface area contributed by atoms with Crippen molar-refractivity contribution in [1.82, 2.24) is 19.4 Å². The summed E-state index contributed by atoms with van der Waals surface area (Å²) in [6, 6.07) is 0.382. The van der Waals surface area contributed by atoms with Crippen LogP contribution in [0.25, 0.3) is 0 Å². The minimum atomic E-state index is -5.08. The molecule has 1 aromatic rings. The Morgan fingerprint density at radius 2 is 2.04 bits per heavy atom. The maximum Gasteiger partial charge on any atom is 0.490 e. The van der Waals surface area contributed by atoms with Gasteiger partial charge >= 0.3 is 12.1 Å². The first-order chi connectivity index (χ1) is 13.0. The zero-order valence-electron chi connectivity index (χ0n) is 16.4. The third-order valence-corrected chi connectivity index (χ3v) is 5.49. The molecule has 1 N–H and O–H groups in total. The Bertz CT molecular complexity index is 706. The van der Waals surface area contributed by atoms with E-state index in [0.717, 1.165) is 51.3 Å². The van der Waals surface area contributed by atoms with Crippen molar-refractivity contribution < 1.29 is 27.9 Å². The van der Waals surface area contributed by atoms with E-state index < -0.39 is 12.1 Å². The lowest BCUT2D eigenvalue weighted by atomic mass is 9.71. The number of aliphatic carboxylic acids is 1. The van der Waals surface area contributed by atoms with E-state index in [-0.39, 0.29) is 5.41 Å². The second kappa shape index (κ2) is 8.50. The van der Waals surface area contributed by atoms with Gasteiger partial charge in [-0.1, -0.05) is 6.92 Å². The first-order valence-corrected chi connectivity index (χ1v) is 9.30. The van der Waals surface area contributed by atoms with Crippen molar-refractivity contribution in [3.05, 3.63) is 18.2 Å². The van der Waals surface area contributed by atoms with Crippen molar-refractivity contribution in [2.24, 2.45) is 12.5 Å². The Labute approximate surface area is 162 Å². The zero-order valence-corrected chi connectivity index (χ0v) is 16.4. The Kier molecular flexibility index (Phi) is 6.74. The van der Waals surface area contributed by atoms with Crippen molar-refractivity contribution in [2.45, 2.75) is 51.9 Å². The predicted molar refractivity (Wildman–Crippen MR) is 95.3 cm³/mol. The van der Waals surface area contributed by atoms with Crippen molar-refractivity contribution in [3.8, 4) is 0 Å². The van der Waals surface area contributed by atoms with Gasteiger partial charge in [0.25, 0.3) is 0 Å². The maximum atomic E-state index is 12.6. The van der Waals surface area contributed by atoms with E-state index in [4.69, 9.17) is 9.90 Å². The molecule has 1 aromatic heterocycles. The third kappa shape index (κ3) is 4.84. The smallest absolute Gasteiger partial charge is 0.475 e. The van der Waals surface area contributed by atoms with Crippen LogP contribution in [0.3, 0.4) is 0 Å². The van der Waals surface area contributed by atoms with Crippen molar-refractivity contribution in [2.75, 3.05) is 19.6 Å². The number of imidazole rings is 1.